The van der Waals surface area contributed by atoms with Crippen molar-refractivity contribution in [1.29, 1.82) is 0 Å². The highest BCUT2D eigenvalue weighted by atomic mass is 32.2. The fourth-order valence-corrected chi connectivity index (χ4v) is 8.73. The molecule has 1 atom stereocenters. The Kier molecular flexibility index (Phi) is 5.85. The van der Waals surface area contributed by atoms with Crippen LogP contribution in [-0.4, -0.2) is 25.2 Å². The van der Waals surface area contributed by atoms with Crippen LogP contribution in [-0.2, 0) is 19.4 Å². The molecule has 2 aromatic rings. The van der Waals surface area contributed by atoms with Crippen LogP contribution in [0.3, 0.4) is 0 Å². The lowest BCUT2D eigenvalue weighted by Gasteiger charge is -2.34. The van der Waals surface area contributed by atoms with Crippen molar-refractivity contribution in [3.05, 3.63) is 46.8 Å². The van der Waals surface area contributed by atoms with Gasteiger partial charge in [-0.3, -0.25) is 4.79 Å². The number of carbonyl (C=O) groups is 1. The topological polar surface area (TPSA) is 71.4 Å². The zero-order valence-corrected chi connectivity index (χ0v) is 18.2. The van der Waals surface area contributed by atoms with Gasteiger partial charge in [-0.05, 0) is 54.9 Å². The molecule has 4 nitrogen and oxygen atoms in total. The number of sulfone groups is 1. The van der Waals surface area contributed by atoms with Gasteiger partial charge in [-0.2, -0.15) is 0 Å². The number of aliphatic carboxylic acids is 1. The van der Waals surface area contributed by atoms with E-state index in [4.69, 9.17) is 0 Å². The monoisotopic (exact) mass is 432 g/mol. The van der Waals surface area contributed by atoms with E-state index in [1.807, 2.05) is 12.1 Å². The predicted molar refractivity (Wildman–Crippen MR) is 117 cm³/mol. The molecular weight excluding hydrogens is 404 g/mol. The van der Waals surface area contributed by atoms with Crippen LogP contribution in [0.5, 0.6) is 0 Å². The molecule has 1 saturated heterocycles. The third kappa shape index (κ3) is 4.02. The van der Waals surface area contributed by atoms with E-state index < -0.39 is 20.6 Å². The first-order chi connectivity index (χ1) is 13.9. The van der Waals surface area contributed by atoms with Gasteiger partial charge in [0.05, 0.1) is 12.2 Å². The fourth-order valence-electron chi connectivity index (χ4n) is 4.95. The van der Waals surface area contributed by atoms with E-state index in [9.17, 15) is 18.3 Å². The van der Waals surface area contributed by atoms with Crippen molar-refractivity contribution >= 4 is 27.1 Å². The van der Waals surface area contributed by atoms with E-state index in [0.29, 0.717) is 23.6 Å². The lowest BCUT2D eigenvalue weighted by Crippen LogP contribution is -2.41. The Morgan fingerprint density at radius 1 is 1.00 bits per heavy atom. The molecule has 4 rings (SSSR count). The molecule has 1 aromatic carbocycles. The molecule has 1 N–H and O–H groups in total. The average Bonchev–Trinajstić information content (AvgIpc) is 3.21. The molecule has 1 saturated carbocycles. The second kappa shape index (κ2) is 8.23. The predicted octanol–water partition coefficient (Wildman–Crippen LogP) is 5.73. The third-order valence-corrected chi connectivity index (χ3v) is 10.7. The molecular formula is C23H28O4S2. The minimum atomic E-state index is -3.49. The van der Waals surface area contributed by atoms with Crippen molar-refractivity contribution in [2.45, 2.75) is 68.5 Å². The van der Waals surface area contributed by atoms with E-state index in [1.165, 1.54) is 49.0 Å². The van der Waals surface area contributed by atoms with Crippen LogP contribution in [0.1, 0.15) is 74.1 Å². The molecule has 1 aliphatic heterocycles. The van der Waals surface area contributed by atoms with Crippen LogP contribution in [0.2, 0.25) is 0 Å². The van der Waals surface area contributed by atoms with E-state index in [2.05, 4.69) is 24.3 Å². The summed E-state index contributed by atoms with van der Waals surface area (Å²) < 4.78 is 24.6. The van der Waals surface area contributed by atoms with Gasteiger partial charge in [0.25, 0.3) is 0 Å². The first kappa shape index (κ1) is 20.6. The van der Waals surface area contributed by atoms with Gasteiger partial charge in [0, 0.05) is 9.75 Å². The van der Waals surface area contributed by atoms with Crippen molar-refractivity contribution in [2.75, 3.05) is 5.75 Å². The minimum absolute atomic E-state index is 0.0730. The highest BCUT2D eigenvalue weighted by molar-refractivity contribution is 7.92. The molecule has 0 unspecified atom stereocenters. The minimum Gasteiger partial charge on any atom is -0.481 e. The molecule has 156 valence electrons. The van der Waals surface area contributed by atoms with Crippen LogP contribution < -0.4 is 0 Å². The van der Waals surface area contributed by atoms with Gasteiger partial charge < -0.3 is 5.11 Å². The van der Waals surface area contributed by atoms with Crippen LogP contribution in [0.4, 0.5) is 0 Å². The van der Waals surface area contributed by atoms with Crippen molar-refractivity contribution in [1.82, 2.24) is 0 Å². The highest BCUT2D eigenvalue weighted by Gasteiger charge is 2.49. The summed E-state index contributed by atoms with van der Waals surface area (Å²) in [5, 5.41) is 9.44. The normalized spacial score (nSPS) is 25.0. The number of benzene rings is 1. The highest BCUT2D eigenvalue weighted by Crippen LogP contribution is 2.47. The fraction of sp³-hybridized carbons (Fsp3) is 0.522. The maximum absolute atomic E-state index is 12.9. The van der Waals surface area contributed by atoms with Crippen LogP contribution in [0, 0.1) is 0 Å². The van der Waals surface area contributed by atoms with Crippen molar-refractivity contribution < 1.29 is 18.3 Å². The average molecular weight is 433 g/mol. The summed E-state index contributed by atoms with van der Waals surface area (Å²) in [6.07, 6.45) is 7.88. The Bertz CT molecular complexity index is 969. The number of rotatable bonds is 5. The molecule has 2 fully saturated rings. The van der Waals surface area contributed by atoms with E-state index in [0.717, 1.165) is 16.9 Å². The van der Waals surface area contributed by atoms with Gasteiger partial charge in [-0.15, -0.1) is 11.3 Å². The van der Waals surface area contributed by atoms with E-state index in [-0.39, 0.29) is 12.2 Å². The molecule has 0 radical (unpaired) electrons. The molecule has 2 heterocycles. The summed E-state index contributed by atoms with van der Waals surface area (Å²) in [7, 11) is -3.49. The van der Waals surface area contributed by atoms with E-state index >= 15 is 0 Å². The maximum atomic E-state index is 12.9. The van der Waals surface area contributed by atoms with Crippen LogP contribution in [0.15, 0.2) is 36.4 Å². The summed E-state index contributed by atoms with van der Waals surface area (Å²) in [5.41, 5.74) is 2.46. The summed E-state index contributed by atoms with van der Waals surface area (Å²) in [6.45, 7) is 0. The molecule has 0 amide bonds. The van der Waals surface area contributed by atoms with Gasteiger partial charge in [-0.1, -0.05) is 49.9 Å². The third-order valence-electron chi connectivity index (χ3n) is 6.60. The van der Waals surface area contributed by atoms with Crippen LogP contribution in [0.25, 0.3) is 10.4 Å². The van der Waals surface area contributed by atoms with Crippen molar-refractivity contribution in [2.24, 2.45) is 0 Å². The zero-order valence-electron chi connectivity index (χ0n) is 16.6. The standard InChI is InChI=1S/C23H28O4S2/c24-22(25)16-23(14-4-5-15-29(23,26)27)21-13-12-20(28-21)19-10-8-18(9-11-19)17-6-2-1-3-7-17/h8-13,17H,1-7,14-16H2,(H,24,25)/t23-/m0/s1. The largest absolute Gasteiger partial charge is 0.481 e. The molecule has 6 heteroatoms. The Morgan fingerprint density at radius 2 is 1.72 bits per heavy atom. The lowest BCUT2D eigenvalue weighted by molar-refractivity contribution is -0.137. The van der Waals surface area contributed by atoms with Gasteiger partial charge in [0.1, 0.15) is 4.75 Å². The molecule has 29 heavy (non-hydrogen) atoms. The summed E-state index contributed by atoms with van der Waals surface area (Å²) in [4.78, 5) is 13.2. The zero-order chi connectivity index (χ0) is 20.5. The smallest absolute Gasteiger partial charge is 0.305 e. The van der Waals surface area contributed by atoms with E-state index in [1.54, 1.807) is 0 Å². The van der Waals surface area contributed by atoms with Crippen LogP contribution >= 0.6 is 11.3 Å². The molecule has 0 bridgehead atoms. The number of hydrogen-bond donors (Lipinski definition) is 1. The maximum Gasteiger partial charge on any atom is 0.305 e. The SMILES string of the molecule is O=C(O)C[C@]1(c2ccc(-c3ccc(C4CCCCC4)cc3)s2)CCCCS1(=O)=O. The molecule has 1 aromatic heterocycles. The summed E-state index contributed by atoms with van der Waals surface area (Å²) in [5.74, 6) is -0.325. The quantitative estimate of drug-likeness (QED) is 0.655. The number of hydrogen-bond acceptors (Lipinski definition) is 4. The lowest BCUT2D eigenvalue weighted by atomic mass is 9.84. The summed E-state index contributed by atoms with van der Waals surface area (Å²) in [6, 6.07) is 12.4. The van der Waals surface area contributed by atoms with Crippen molar-refractivity contribution in [3.63, 3.8) is 0 Å². The molecule has 2 aliphatic rings. The van der Waals surface area contributed by atoms with Gasteiger partial charge in [0.15, 0.2) is 9.84 Å². The second-order valence-electron chi connectivity index (χ2n) is 8.46. The first-order valence-corrected chi connectivity index (χ1v) is 13.0. The molecule has 0 spiro atoms. The second-order valence-corrected chi connectivity index (χ2v) is 12.0. The Hall–Kier alpha value is -1.66. The van der Waals surface area contributed by atoms with Crippen molar-refractivity contribution in [3.8, 4) is 10.4 Å². The first-order valence-electron chi connectivity index (χ1n) is 10.6. The number of carboxylic acids is 1. The summed E-state index contributed by atoms with van der Waals surface area (Å²) >= 11 is 1.43. The van der Waals surface area contributed by atoms with Gasteiger partial charge >= 0.3 is 5.97 Å². The van der Waals surface area contributed by atoms with Gasteiger partial charge in [0.2, 0.25) is 0 Å². The number of carboxylic acid groups (broad SMARTS) is 1. The number of thiophene rings is 1. The van der Waals surface area contributed by atoms with Gasteiger partial charge in [-0.25, -0.2) is 8.42 Å². The Labute approximate surface area is 176 Å². The Morgan fingerprint density at radius 3 is 2.38 bits per heavy atom. The molecule has 1 aliphatic carbocycles. The Balaban J connectivity index is 1.63.